The Hall–Kier alpha value is -2.24. The Morgan fingerprint density at radius 1 is 1.07 bits per heavy atom. The highest BCUT2D eigenvalue weighted by Crippen LogP contribution is 2.35. The molecule has 1 saturated carbocycles. The number of nitrogens with zero attached hydrogens (tertiary/aromatic N) is 3. The van der Waals surface area contributed by atoms with Gasteiger partial charge >= 0.3 is 5.97 Å². The number of pyridine rings is 1. The quantitative estimate of drug-likeness (QED) is 0.830. The first-order chi connectivity index (χ1) is 13.7. The molecule has 1 aromatic carbocycles. The van der Waals surface area contributed by atoms with E-state index < -0.39 is 12.0 Å². The summed E-state index contributed by atoms with van der Waals surface area (Å²) in [5, 5.41) is 9.90. The van der Waals surface area contributed by atoms with Gasteiger partial charge in [-0.05, 0) is 41.5 Å². The predicted molar refractivity (Wildman–Crippen MR) is 109 cm³/mol. The van der Waals surface area contributed by atoms with Gasteiger partial charge in [-0.1, -0.05) is 43.2 Å². The van der Waals surface area contributed by atoms with Crippen LogP contribution >= 0.6 is 0 Å². The highest BCUT2D eigenvalue weighted by molar-refractivity contribution is 5.75. The Balaban J connectivity index is 1.39. The summed E-state index contributed by atoms with van der Waals surface area (Å²) in [5.74, 6) is -0.0947. The van der Waals surface area contributed by atoms with Crippen molar-refractivity contribution in [2.75, 3.05) is 26.2 Å². The molecule has 2 fully saturated rings. The maximum atomic E-state index is 12.0. The molecule has 1 saturated heterocycles. The van der Waals surface area contributed by atoms with Crippen molar-refractivity contribution in [1.29, 1.82) is 0 Å². The summed E-state index contributed by atoms with van der Waals surface area (Å²) in [6.45, 7) is 4.15. The second-order valence-electron chi connectivity index (χ2n) is 8.06. The minimum atomic E-state index is -0.755. The number of carbonyl (C=O) groups is 1. The minimum Gasteiger partial charge on any atom is -0.480 e. The molecule has 1 aliphatic carbocycles. The number of hydrogen-bond donors (Lipinski definition) is 1. The van der Waals surface area contributed by atoms with Gasteiger partial charge in [0.25, 0.3) is 0 Å². The van der Waals surface area contributed by atoms with Crippen LogP contribution in [0.25, 0.3) is 0 Å². The lowest BCUT2D eigenvalue weighted by Crippen LogP contribution is -2.48. The van der Waals surface area contributed by atoms with E-state index in [1.807, 2.05) is 24.4 Å². The number of hydrogen-bond acceptors (Lipinski definition) is 4. The summed E-state index contributed by atoms with van der Waals surface area (Å²) < 4.78 is 0. The Labute approximate surface area is 167 Å². The van der Waals surface area contributed by atoms with Gasteiger partial charge in [-0.3, -0.25) is 19.6 Å². The zero-order valence-electron chi connectivity index (χ0n) is 16.3. The van der Waals surface area contributed by atoms with E-state index in [0.29, 0.717) is 5.92 Å². The third kappa shape index (κ3) is 4.42. The first-order valence-corrected chi connectivity index (χ1v) is 10.4. The highest BCUT2D eigenvalue weighted by atomic mass is 16.4. The SMILES string of the molecule is O=C(O)[C@@H](c1ccc(C2CCCC2)cc1)N1CCN(Cc2cccnc2)CC1. The smallest absolute Gasteiger partial charge is 0.325 e. The van der Waals surface area contributed by atoms with Crippen molar-refractivity contribution in [1.82, 2.24) is 14.8 Å². The normalized spacial score (nSPS) is 20.3. The largest absolute Gasteiger partial charge is 0.480 e. The zero-order chi connectivity index (χ0) is 19.3. The molecule has 4 rings (SSSR count). The topological polar surface area (TPSA) is 56.7 Å². The molecule has 0 bridgehead atoms. The predicted octanol–water partition coefficient (Wildman–Crippen LogP) is 3.68. The molecule has 5 heteroatoms. The first-order valence-electron chi connectivity index (χ1n) is 10.4. The molecular formula is C23H29N3O2. The van der Waals surface area contributed by atoms with Gasteiger partial charge in [0, 0.05) is 45.1 Å². The van der Waals surface area contributed by atoms with E-state index in [9.17, 15) is 9.90 Å². The average molecular weight is 380 g/mol. The molecule has 28 heavy (non-hydrogen) atoms. The van der Waals surface area contributed by atoms with Crippen LogP contribution in [0.4, 0.5) is 0 Å². The molecule has 1 atom stereocenters. The first kappa shape index (κ1) is 19.1. The third-order valence-electron chi connectivity index (χ3n) is 6.21. The van der Waals surface area contributed by atoms with Gasteiger partial charge in [-0.25, -0.2) is 0 Å². The van der Waals surface area contributed by atoms with Crippen LogP contribution in [0.3, 0.4) is 0 Å². The van der Waals surface area contributed by atoms with Crippen LogP contribution in [0, 0.1) is 0 Å². The number of carboxylic acids is 1. The standard InChI is InChI=1S/C23H29N3O2/c27-23(28)22(21-9-7-20(8-10-21)19-5-1-2-6-19)26-14-12-25(13-15-26)17-18-4-3-11-24-16-18/h3-4,7-11,16,19,22H,1-2,5-6,12-15,17H2,(H,27,28)/t22-/m1/s1. The van der Waals surface area contributed by atoms with Crippen LogP contribution in [-0.4, -0.2) is 52.0 Å². The molecule has 1 N–H and O–H groups in total. The van der Waals surface area contributed by atoms with Crippen LogP contribution in [0.1, 0.15) is 54.3 Å². The number of benzene rings is 1. The van der Waals surface area contributed by atoms with Crippen molar-refractivity contribution >= 4 is 5.97 Å². The molecule has 0 unspecified atom stereocenters. The molecule has 0 radical (unpaired) electrons. The number of carboxylic acid groups (broad SMARTS) is 1. The number of piperazine rings is 1. The summed E-state index contributed by atoms with van der Waals surface area (Å²) in [6, 6.07) is 11.9. The van der Waals surface area contributed by atoms with Crippen LogP contribution in [-0.2, 0) is 11.3 Å². The van der Waals surface area contributed by atoms with Crippen molar-refractivity contribution in [3.05, 3.63) is 65.5 Å². The molecule has 2 aromatic rings. The van der Waals surface area contributed by atoms with Gasteiger partial charge in [-0.2, -0.15) is 0 Å². The fourth-order valence-electron chi connectivity index (χ4n) is 4.65. The molecule has 2 aliphatic rings. The number of aliphatic carboxylic acids is 1. The van der Waals surface area contributed by atoms with E-state index >= 15 is 0 Å². The van der Waals surface area contributed by atoms with Gasteiger partial charge in [0.2, 0.25) is 0 Å². The van der Waals surface area contributed by atoms with Crippen LogP contribution < -0.4 is 0 Å². The summed E-state index contributed by atoms with van der Waals surface area (Å²) in [6.07, 6.45) is 8.84. The van der Waals surface area contributed by atoms with E-state index in [2.05, 4.69) is 33.0 Å². The molecule has 0 amide bonds. The van der Waals surface area contributed by atoms with Crippen LogP contribution in [0.15, 0.2) is 48.8 Å². The van der Waals surface area contributed by atoms with Crippen molar-refractivity contribution in [3.63, 3.8) is 0 Å². The minimum absolute atomic E-state index is 0.557. The Kier molecular flexibility index (Phi) is 6.03. The van der Waals surface area contributed by atoms with Crippen molar-refractivity contribution in [3.8, 4) is 0 Å². The third-order valence-corrected chi connectivity index (χ3v) is 6.21. The van der Waals surface area contributed by atoms with E-state index in [4.69, 9.17) is 0 Å². The Morgan fingerprint density at radius 2 is 1.79 bits per heavy atom. The van der Waals surface area contributed by atoms with Gasteiger partial charge in [0.15, 0.2) is 0 Å². The number of aromatic nitrogens is 1. The highest BCUT2D eigenvalue weighted by Gasteiger charge is 2.30. The Bertz CT molecular complexity index is 764. The fraction of sp³-hybridized carbons (Fsp3) is 0.478. The molecule has 2 heterocycles. The zero-order valence-corrected chi connectivity index (χ0v) is 16.3. The molecule has 0 spiro atoms. The second-order valence-corrected chi connectivity index (χ2v) is 8.06. The molecule has 1 aliphatic heterocycles. The van der Waals surface area contributed by atoms with Crippen molar-refractivity contribution < 1.29 is 9.90 Å². The van der Waals surface area contributed by atoms with E-state index in [1.165, 1.54) is 36.8 Å². The Morgan fingerprint density at radius 3 is 2.39 bits per heavy atom. The molecule has 5 nitrogen and oxygen atoms in total. The lowest BCUT2D eigenvalue weighted by Gasteiger charge is -2.37. The summed E-state index contributed by atoms with van der Waals surface area (Å²) >= 11 is 0. The van der Waals surface area contributed by atoms with Crippen LogP contribution in [0.5, 0.6) is 0 Å². The van der Waals surface area contributed by atoms with Gasteiger partial charge in [0.1, 0.15) is 6.04 Å². The maximum Gasteiger partial charge on any atom is 0.325 e. The fourth-order valence-corrected chi connectivity index (χ4v) is 4.65. The lowest BCUT2D eigenvalue weighted by atomic mass is 9.94. The summed E-state index contributed by atoms with van der Waals surface area (Å²) in [4.78, 5) is 20.7. The lowest BCUT2D eigenvalue weighted by molar-refractivity contribution is -0.144. The van der Waals surface area contributed by atoms with Crippen LogP contribution in [0.2, 0.25) is 0 Å². The molecule has 148 valence electrons. The summed E-state index contributed by atoms with van der Waals surface area (Å²) in [5.41, 5.74) is 3.47. The maximum absolute atomic E-state index is 12.0. The summed E-state index contributed by atoms with van der Waals surface area (Å²) in [7, 11) is 0. The van der Waals surface area contributed by atoms with E-state index in [1.54, 1.807) is 6.20 Å². The van der Waals surface area contributed by atoms with Gasteiger partial charge < -0.3 is 5.11 Å². The molecule has 1 aromatic heterocycles. The molecular weight excluding hydrogens is 350 g/mol. The van der Waals surface area contributed by atoms with Gasteiger partial charge in [-0.15, -0.1) is 0 Å². The van der Waals surface area contributed by atoms with Crippen molar-refractivity contribution in [2.45, 2.75) is 44.2 Å². The van der Waals surface area contributed by atoms with Gasteiger partial charge in [0.05, 0.1) is 0 Å². The monoisotopic (exact) mass is 379 g/mol. The number of rotatable bonds is 6. The average Bonchev–Trinajstić information content (AvgIpc) is 3.25. The van der Waals surface area contributed by atoms with E-state index in [0.717, 1.165) is 38.3 Å². The second kappa shape index (κ2) is 8.84. The van der Waals surface area contributed by atoms with E-state index in [-0.39, 0.29) is 0 Å². The van der Waals surface area contributed by atoms with Crippen molar-refractivity contribution in [2.24, 2.45) is 0 Å².